The van der Waals surface area contributed by atoms with Crippen LogP contribution < -0.4 is 5.32 Å². The average molecular weight is 451 g/mol. The predicted octanol–water partition coefficient (Wildman–Crippen LogP) is 6.08. The molecule has 3 nitrogen and oxygen atoms in total. The van der Waals surface area contributed by atoms with Gasteiger partial charge in [0.2, 0.25) is 0 Å². The third kappa shape index (κ3) is 4.99. The summed E-state index contributed by atoms with van der Waals surface area (Å²) in [7, 11) is 0. The Morgan fingerprint density at radius 2 is 1.12 bits per heavy atom. The number of benzene rings is 3. The molecule has 1 amide bonds. The molecule has 0 radical (unpaired) electrons. The van der Waals surface area contributed by atoms with Crippen LogP contribution in [0.25, 0.3) is 0 Å². The molecule has 3 aromatic rings. The van der Waals surface area contributed by atoms with E-state index in [0.717, 1.165) is 0 Å². The molecule has 0 heterocycles. The van der Waals surface area contributed by atoms with Gasteiger partial charge in [0.05, 0.1) is 16.7 Å². The van der Waals surface area contributed by atoms with E-state index >= 15 is 0 Å². The van der Waals surface area contributed by atoms with E-state index in [0.29, 0.717) is 18.2 Å². The summed E-state index contributed by atoms with van der Waals surface area (Å²) < 4.78 is 80.7. The minimum absolute atomic E-state index is 0.127. The lowest BCUT2D eigenvalue weighted by Crippen LogP contribution is -2.36. The van der Waals surface area contributed by atoms with Crippen molar-refractivity contribution in [2.45, 2.75) is 18.4 Å². The fraction of sp³-hybridized carbons (Fsp3) is 0.130. The highest BCUT2D eigenvalue weighted by Crippen LogP contribution is 2.39. The molecule has 9 heteroatoms. The van der Waals surface area contributed by atoms with Gasteiger partial charge in [0, 0.05) is 5.56 Å². The van der Waals surface area contributed by atoms with Crippen molar-refractivity contribution in [2.24, 2.45) is 0 Å². The number of ketones is 1. The van der Waals surface area contributed by atoms with Gasteiger partial charge in [0.15, 0.2) is 5.78 Å². The summed E-state index contributed by atoms with van der Waals surface area (Å²) >= 11 is 0. The second-order valence-corrected chi connectivity index (χ2v) is 6.77. The average Bonchev–Trinajstić information content (AvgIpc) is 2.76. The molecule has 0 unspecified atom stereocenters. The number of Topliss-reactive ketones (excluding diaryl/α,β-unsaturated/α-hetero) is 1. The number of hydrogen-bond acceptors (Lipinski definition) is 2. The van der Waals surface area contributed by atoms with Crippen molar-refractivity contribution in [1.82, 2.24) is 5.32 Å². The van der Waals surface area contributed by atoms with Gasteiger partial charge in [-0.2, -0.15) is 26.3 Å². The molecule has 0 saturated heterocycles. The highest BCUT2D eigenvalue weighted by molar-refractivity contribution is 6.05. The molecule has 1 atom stereocenters. The van der Waals surface area contributed by atoms with Crippen molar-refractivity contribution in [2.75, 3.05) is 0 Å². The molecule has 0 aliphatic carbocycles. The quantitative estimate of drug-likeness (QED) is 0.378. The summed E-state index contributed by atoms with van der Waals surface area (Å²) in [6.45, 7) is 0. The molecule has 0 aromatic heterocycles. The van der Waals surface area contributed by atoms with Crippen LogP contribution in [-0.2, 0) is 12.4 Å². The number of hydrogen-bond donors (Lipinski definition) is 1. The number of alkyl halides is 6. The molecule has 1 N–H and O–H groups in total. The Morgan fingerprint density at radius 1 is 0.656 bits per heavy atom. The van der Waals surface area contributed by atoms with Crippen molar-refractivity contribution in [3.8, 4) is 0 Å². The van der Waals surface area contributed by atoms with Crippen LogP contribution >= 0.6 is 0 Å². The lowest BCUT2D eigenvalue weighted by molar-refractivity contribution is -0.143. The van der Waals surface area contributed by atoms with Gasteiger partial charge in [0.1, 0.15) is 6.04 Å². The van der Waals surface area contributed by atoms with Crippen LogP contribution in [0.5, 0.6) is 0 Å². The van der Waals surface area contributed by atoms with E-state index < -0.39 is 46.8 Å². The second kappa shape index (κ2) is 8.86. The van der Waals surface area contributed by atoms with Crippen LogP contribution in [0.3, 0.4) is 0 Å². The van der Waals surface area contributed by atoms with Gasteiger partial charge in [-0.25, -0.2) is 0 Å². The van der Waals surface area contributed by atoms with E-state index in [9.17, 15) is 35.9 Å². The minimum Gasteiger partial charge on any atom is -0.338 e. The van der Waals surface area contributed by atoms with Gasteiger partial charge < -0.3 is 5.32 Å². The highest BCUT2D eigenvalue weighted by Gasteiger charge is 2.43. The number of nitrogens with one attached hydrogen (secondary N) is 1. The third-order valence-corrected chi connectivity index (χ3v) is 4.63. The molecule has 0 aliphatic heterocycles. The molecular formula is C23H15F6NO2. The van der Waals surface area contributed by atoms with E-state index in [1.54, 1.807) is 12.1 Å². The van der Waals surface area contributed by atoms with Crippen LogP contribution in [0.15, 0.2) is 78.9 Å². The van der Waals surface area contributed by atoms with Gasteiger partial charge in [-0.15, -0.1) is 0 Å². The summed E-state index contributed by atoms with van der Waals surface area (Å²) in [5, 5.41) is 2.08. The number of carbonyl (C=O) groups is 2. The summed E-state index contributed by atoms with van der Waals surface area (Å²) in [5.74, 6) is -2.36. The Kier molecular flexibility index (Phi) is 6.38. The van der Waals surface area contributed by atoms with Crippen molar-refractivity contribution >= 4 is 11.7 Å². The molecule has 0 bridgehead atoms. The summed E-state index contributed by atoms with van der Waals surface area (Å²) in [5.41, 5.74) is -4.75. The Bertz CT molecular complexity index is 1080. The van der Waals surface area contributed by atoms with E-state index in [2.05, 4.69) is 5.32 Å². The topological polar surface area (TPSA) is 46.2 Å². The van der Waals surface area contributed by atoms with E-state index in [1.165, 1.54) is 48.5 Å². The van der Waals surface area contributed by atoms with Crippen molar-refractivity contribution < 1.29 is 35.9 Å². The monoisotopic (exact) mass is 451 g/mol. The first kappa shape index (κ1) is 23.1. The first-order chi connectivity index (χ1) is 15.0. The predicted molar refractivity (Wildman–Crippen MR) is 104 cm³/mol. The Labute approximate surface area is 178 Å². The number of amides is 1. The van der Waals surface area contributed by atoms with Gasteiger partial charge in [0.25, 0.3) is 5.91 Å². The second-order valence-electron chi connectivity index (χ2n) is 6.77. The standard InChI is InChI=1S/C23H15F6NO2/c24-22(25,26)16-12-7-13-17(23(27,28)29)18(16)21(32)30-19(14-8-3-1-4-9-14)20(31)15-10-5-2-6-11-15/h1-13,19H,(H,30,32)/t19-/m0/s1. The third-order valence-electron chi connectivity index (χ3n) is 4.63. The molecular weight excluding hydrogens is 436 g/mol. The van der Waals surface area contributed by atoms with E-state index in [1.807, 2.05) is 0 Å². The van der Waals surface area contributed by atoms with E-state index in [-0.39, 0.29) is 11.1 Å². The molecule has 0 fully saturated rings. The molecule has 3 rings (SSSR count). The van der Waals surface area contributed by atoms with Crippen molar-refractivity contribution in [3.05, 3.63) is 107 Å². The smallest absolute Gasteiger partial charge is 0.338 e. The molecule has 0 aliphatic rings. The van der Waals surface area contributed by atoms with Crippen LogP contribution in [0.4, 0.5) is 26.3 Å². The zero-order chi connectivity index (χ0) is 23.5. The van der Waals surface area contributed by atoms with Crippen LogP contribution in [0.2, 0.25) is 0 Å². The zero-order valence-corrected chi connectivity index (χ0v) is 16.2. The van der Waals surface area contributed by atoms with Crippen molar-refractivity contribution in [3.63, 3.8) is 0 Å². The fourth-order valence-electron chi connectivity index (χ4n) is 3.19. The highest BCUT2D eigenvalue weighted by atomic mass is 19.4. The van der Waals surface area contributed by atoms with Crippen molar-refractivity contribution in [1.29, 1.82) is 0 Å². The molecule has 166 valence electrons. The van der Waals surface area contributed by atoms with E-state index in [4.69, 9.17) is 0 Å². The van der Waals surface area contributed by atoms with Crippen LogP contribution in [-0.4, -0.2) is 11.7 Å². The number of rotatable bonds is 5. The maximum absolute atomic E-state index is 13.4. The Morgan fingerprint density at radius 3 is 1.59 bits per heavy atom. The normalized spacial score (nSPS) is 12.8. The number of carbonyl (C=O) groups excluding carboxylic acids is 2. The SMILES string of the molecule is O=C(N[C@H](C(=O)c1ccccc1)c1ccccc1)c1c(C(F)(F)F)cccc1C(F)(F)F. The van der Waals surface area contributed by atoms with Crippen LogP contribution in [0, 0.1) is 0 Å². The largest absolute Gasteiger partial charge is 0.417 e. The minimum atomic E-state index is -5.22. The molecule has 0 saturated carbocycles. The lowest BCUT2D eigenvalue weighted by atomic mass is 9.95. The van der Waals surface area contributed by atoms with Gasteiger partial charge in [-0.3, -0.25) is 9.59 Å². The first-order valence-electron chi connectivity index (χ1n) is 9.22. The van der Waals surface area contributed by atoms with Gasteiger partial charge >= 0.3 is 12.4 Å². The maximum Gasteiger partial charge on any atom is 0.417 e. The van der Waals surface area contributed by atoms with Crippen LogP contribution in [0.1, 0.15) is 43.4 Å². The summed E-state index contributed by atoms with van der Waals surface area (Å²) in [4.78, 5) is 25.9. The number of halogens is 6. The molecule has 0 spiro atoms. The maximum atomic E-state index is 13.4. The molecule has 32 heavy (non-hydrogen) atoms. The molecule has 3 aromatic carbocycles. The Balaban J connectivity index is 2.11. The summed E-state index contributed by atoms with van der Waals surface area (Å²) in [6, 6.07) is 14.9. The summed E-state index contributed by atoms with van der Waals surface area (Å²) in [6.07, 6.45) is -10.4. The first-order valence-corrected chi connectivity index (χ1v) is 9.22. The van der Waals surface area contributed by atoms with Gasteiger partial charge in [-0.05, 0) is 17.7 Å². The lowest BCUT2D eigenvalue weighted by Gasteiger charge is -2.22. The Hall–Kier alpha value is -3.62. The van der Waals surface area contributed by atoms with Gasteiger partial charge in [-0.1, -0.05) is 66.7 Å². The zero-order valence-electron chi connectivity index (χ0n) is 16.2. The fourth-order valence-corrected chi connectivity index (χ4v) is 3.19.